The van der Waals surface area contributed by atoms with Gasteiger partial charge in [-0.1, -0.05) is 6.08 Å². The molecule has 0 amide bonds. The predicted octanol–water partition coefficient (Wildman–Crippen LogP) is 1.11. The van der Waals surface area contributed by atoms with Crippen LogP contribution in [0.25, 0.3) is 0 Å². The minimum Gasteiger partial charge on any atom is -0.478 e. The van der Waals surface area contributed by atoms with Crippen molar-refractivity contribution >= 4 is 5.97 Å². The Hall–Kier alpha value is -0.870. The molecule has 1 aliphatic rings. The number of aliphatic hydroxyl groups excluding tert-OH is 1. The molecule has 0 saturated carbocycles. The van der Waals surface area contributed by atoms with Gasteiger partial charge >= 0.3 is 5.97 Å². The summed E-state index contributed by atoms with van der Waals surface area (Å²) in [6.07, 6.45) is 4.95. The van der Waals surface area contributed by atoms with E-state index in [9.17, 15) is 4.79 Å². The van der Waals surface area contributed by atoms with Crippen molar-refractivity contribution in [3.8, 4) is 0 Å². The van der Waals surface area contributed by atoms with Crippen LogP contribution in [0.1, 0.15) is 26.2 Å². The Balaban J connectivity index is 2.37. The van der Waals surface area contributed by atoms with Crippen LogP contribution in [0.15, 0.2) is 11.6 Å². The zero-order chi connectivity index (χ0) is 12.0. The number of carboxylic acids is 1. The molecule has 16 heavy (non-hydrogen) atoms. The molecular formula is C12H21NO3. The van der Waals surface area contributed by atoms with Crippen molar-refractivity contribution < 1.29 is 15.0 Å². The molecule has 0 aromatic heterocycles. The van der Waals surface area contributed by atoms with Crippen LogP contribution in [-0.4, -0.2) is 47.3 Å². The fourth-order valence-corrected chi connectivity index (χ4v) is 2.09. The normalized spacial score (nSPS) is 23.4. The van der Waals surface area contributed by atoms with E-state index in [1.54, 1.807) is 13.0 Å². The number of piperidine rings is 1. The average Bonchev–Trinajstić information content (AvgIpc) is 2.26. The van der Waals surface area contributed by atoms with E-state index >= 15 is 0 Å². The molecule has 0 aliphatic carbocycles. The molecular weight excluding hydrogens is 206 g/mol. The number of rotatable bonds is 5. The highest BCUT2D eigenvalue weighted by Gasteiger charge is 2.18. The molecule has 4 heteroatoms. The first-order valence-corrected chi connectivity index (χ1v) is 5.86. The smallest absolute Gasteiger partial charge is 0.330 e. The molecule has 1 fully saturated rings. The number of carboxylic acid groups (broad SMARTS) is 1. The molecule has 1 rings (SSSR count). The largest absolute Gasteiger partial charge is 0.478 e. The maximum absolute atomic E-state index is 10.6. The molecule has 0 aromatic rings. The van der Waals surface area contributed by atoms with Gasteiger partial charge in [-0.2, -0.15) is 0 Å². The molecule has 92 valence electrons. The van der Waals surface area contributed by atoms with Crippen molar-refractivity contribution in [2.24, 2.45) is 5.92 Å². The number of hydrogen-bond acceptors (Lipinski definition) is 3. The fourth-order valence-electron chi connectivity index (χ4n) is 2.09. The highest BCUT2D eigenvalue weighted by atomic mass is 16.4. The van der Waals surface area contributed by atoms with E-state index in [4.69, 9.17) is 10.2 Å². The molecule has 0 bridgehead atoms. The van der Waals surface area contributed by atoms with Gasteiger partial charge in [0.15, 0.2) is 0 Å². The molecule has 1 heterocycles. The number of carbonyl (C=O) groups is 1. The second-order valence-electron chi connectivity index (χ2n) is 4.47. The van der Waals surface area contributed by atoms with Gasteiger partial charge in [0.25, 0.3) is 0 Å². The molecule has 1 aliphatic heterocycles. The van der Waals surface area contributed by atoms with E-state index in [0.29, 0.717) is 18.0 Å². The lowest BCUT2D eigenvalue weighted by atomic mass is 9.95. The van der Waals surface area contributed by atoms with Crippen LogP contribution in [0.4, 0.5) is 0 Å². The molecule has 1 atom stereocenters. The van der Waals surface area contributed by atoms with E-state index in [-0.39, 0.29) is 6.61 Å². The van der Waals surface area contributed by atoms with Crippen LogP contribution >= 0.6 is 0 Å². The standard InChI is InChI=1S/C12H21NO3/c1-10(12(15)16)4-7-13-6-2-3-11(9-13)5-8-14/h4,11,14H,2-3,5-9H2,1H3,(H,15,16). The summed E-state index contributed by atoms with van der Waals surface area (Å²) in [5.41, 5.74) is 0.407. The zero-order valence-electron chi connectivity index (χ0n) is 9.85. The number of aliphatic hydroxyl groups is 1. The average molecular weight is 227 g/mol. The quantitative estimate of drug-likeness (QED) is 0.691. The second kappa shape index (κ2) is 6.66. The van der Waals surface area contributed by atoms with Crippen LogP contribution in [0, 0.1) is 5.92 Å². The summed E-state index contributed by atoms with van der Waals surface area (Å²) in [5, 5.41) is 17.6. The third-order valence-corrected chi connectivity index (χ3v) is 3.13. The summed E-state index contributed by atoms with van der Waals surface area (Å²) in [6.45, 7) is 4.59. The Bertz CT molecular complexity index is 261. The topological polar surface area (TPSA) is 60.8 Å². The lowest BCUT2D eigenvalue weighted by Gasteiger charge is -2.31. The van der Waals surface area contributed by atoms with E-state index < -0.39 is 5.97 Å². The van der Waals surface area contributed by atoms with Gasteiger partial charge in [0.2, 0.25) is 0 Å². The Labute approximate surface area is 96.6 Å². The lowest BCUT2D eigenvalue weighted by molar-refractivity contribution is -0.132. The van der Waals surface area contributed by atoms with Gasteiger partial charge in [0.05, 0.1) is 0 Å². The summed E-state index contributed by atoms with van der Waals surface area (Å²) in [4.78, 5) is 12.9. The van der Waals surface area contributed by atoms with Crippen LogP contribution < -0.4 is 0 Å². The van der Waals surface area contributed by atoms with E-state index in [1.807, 2.05) is 0 Å². The van der Waals surface area contributed by atoms with Crippen molar-refractivity contribution in [1.82, 2.24) is 4.90 Å². The molecule has 0 aromatic carbocycles. The number of hydrogen-bond donors (Lipinski definition) is 2. The number of aliphatic carboxylic acids is 1. The Morgan fingerprint density at radius 3 is 2.94 bits per heavy atom. The predicted molar refractivity (Wildman–Crippen MR) is 62.3 cm³/mol. The molecule has 1 unspecified atom stereocenters. The molecule has 2 N–H and O–H groups in total. The van der Waals surface area contributed by atoms with Crippen LogP contribution in [0.2, 0.25) is 0 Å². The maximum Gasteiger partial charge on any atom is 0.330 e. The minimum absolute atomic E-state index is 0.252. The molecule has 0 radical (unpaired) electrons. The van der Waals surface area contributed by atoms with Crippen LogP contribution in [0.3, 0.4) is 0 Å². The van der Waals surface area contributed by atoms with Crippen LogP contribution in [0.5, 0.6) is 0 Å². The van der Waals surface area contributed by atoms with Gasteiger partial charge in [-0.3, -0.25) is 4.90 Å². The third-order valence-electron chi connectivity index (χ3n) is 3.13. The zero-order valence-corrected chi connectivity index (χ0v) is 9.85. The SMILES string of the molecule is CC(=CCN1CCCC(CCO)C1)C(=O)O. The molecule has 0 spiro atoms. The van der Waals surface area contributed by atoms with Gasteiger partial charge in [-0.05, 0) is 38.6 Å². The summed E-state index contributed by atoms with van der Waals surface area (Å²) in [5.74, 6) is -0.277. The van der Waals surface area contributed by atoms with Gasteiger partial charge in [-0.25, -0.2) is 4.79 Å². The minimum atomic E-state index is -0.844. The Morgan fingerprint density at radius 1 is 1.56 bits per heavy atom. The number of nitrogens with zero attached hydrogens (tertiary/aromatic N) is 1. The van der Waals surface area contributed by atoms with Crippen molar-refractivity contribution in [1.29, 1.82) is 0 Å². The number of likely N-dealkylation sites (tertiary alicyclic amines) is 1. The summed E-state index contributed by atoms with van der Waals surface area (Å²) in [6, 6.07) is 0. The van der Waals surface area contributed by atoms with E-state index in [2.05, 4.69) is 4.90 Å². The summed E-state index contributed by atoms with van der Waals surface area (Å²) < 4.78 is 0. The first kappa shape index (κ1) is 13.2. The van der Waals surface area contributed by atoms with E-state index in [0.717, 1.165) is 25.9 Å². The third kappa shape index (κ3) is 4.33. The highest BCUT2D eigenvalue weighted by molar-refractivity contribution is 5.85. The highest BCUT2D eigenvalue weighted by Crippen LogP contribution is 2.19. The summed E-state index contributed by atoms with van der Waals surface area (Å²) in [7, 11) is 0. The lowest BCUT2D eigenvalue weighted by Crippen LogP contribution is -2.36. The first-order chi connectivity index (χ1) is 7.63. The Morgan fingerprint density at radius 2 is 2.31 bits per heavy atom. The molecule has 1 saturated heterocycles. The first-order valence-electron chi connectivity index (χ1n) is 5.86. The van der Waals surface area contributed by atoms with Crippen LogP contribution in [-0.2, 0) is 4.79 Å². The van der Waals surface area contributed by atoms with Gasteiger partial charge in [0.1, 0.15) is 0 Å². The Kier molecular flexibility index (Phi) is 5.49. The summed E-state index contributed by atoms with van der Waals surface area (Å²) >= 11 is 0. The van der Waals surface area contributed by atoms with Gasteiger partial charge < -0.3 is 10.2 Å². The van der Waals surface area contributed by atoms with Crippen molar-refractivity contribution in [3.63, 3.8) is 0 Å². The van der Waals surface area contributed by atoms with E-state index in [1.165, 1.54) is 6.42 Å². The van der Waals surface area contributed by atoms with Gasteiger partial charge in [0, 0.05) is 25.3 Å². The second-order valence-corrected chi connectivity index (χ2v) is 4.47. The fraction of sp³-hybridized carbons (Fsp3) is 0.750. The molecule has 4 nitrogen and oxygen atoms in total. The van der Waals surface area contributed by atoms with Crippen molar-refractivity contribution in [3.05, 3.63) is 11.6 Å². The maximum atomic E-state index is 10.6. The van der Waals surface area contributed by atoms with Crippen molar-refractivity contribution in [2.75, 3.05) is 26.2 Å². The van der Waals surface area contributed by atoms with Crippen molar-refractivity contribution in [2.45, 2.75) is 26.2 Å². The van der Waals surface area contributed by atoms with Gasteiger partial charge in [-0.15, -0.1) is 0 Å². The monoisotopic (exact) mass is 227 g/mol.